The Morgan fingerprint density at radius 1 is 1.45 bits per heavy atom. The van der Waals surface area contributed by atoms with Crippen molar-refractivity contribution in [1.82, 2.24) is 9.97 Å². The van der Waals surface area contributed by atoms with Crippen molar-refractivity contribution >= 4 is 5.82 Å². The van der Waals surface area contributed by atoms with E-state index in [1.165, 1.54) is 18.5 Å². The molecule has 1 heterocycles. The van der Waals surface area contributed by atoms with Crippen LogP contribution < -0.4 is 5.32 Å². The fraction of sp³-hybridized carbons (Fsp3) is 0.500. The van der Waals surface area contributed by atoms with Gasteiger partial charge in [-0.2, -0.15) is 0 Å². The zero-order valence-electron chi connectivity index (χ0n) is 6.54. The van der Waals surface area contributed by atoms with Crippen LogP contribution >= 0.6 is 0 Å². The Morgan fingerprint density at radius 3 is 2.91 bits per heavy atom. The third kappa shape index (κ3) is 1.31. The van der Waals surface area contributed by atoms with Crippen molar-refractivity contribution in [3.63, 3.8) is 0 Å². The van der Waals surface area contributed by atoms with Crippen LogP contribution in [0.1, 0.15) is 24.5 Å². The van der Waals surface area contributed by atoms with Crippen LogP contribution in [-0.2, 0) is 0 Å². The number of nitrogens with one attached hydrogen (secondary N) is 1. The first-order chi connectivity index (χ1) is 5.40. The number of hydrogen-bond acceptors (Lipinski definition) is 3. The molecular weight excluding hydrogens is 138 g/mol. The van der Waals surface area contributed by atoms with Crippen molar-refractivity contribution in [2.45, 2.75) is 18.8 Å². The fourth-order valence-corrected chi connectivity index (χ4v) is 1.11. The molecule has 0 bridgehead atoms. The number of anilines is 1. The maximum absolute atomic E-state index is 4.20. The second kappa shape index (κ2) is 2.49. The van der Waals surface area contributed by atoms with Gasteiger partial charge in [-0.05, 0) is 12.8 Å². The molecule has 3 nitrogen and oxygen atoms in total. The topological polar surface area (TPSA) is 37.8 Å². The van der Waals surface area contributed by atoms with E-state index in [1.54, 1.807) is 6.33 Å². The molecule has 3 heteroatoms. The third-order valence-electron chi connectivity index (χ3n) is 1.94. The first-order valence-corrected chi connectivity index (χ1v) is 3.90. The molecule has 11 heavy (non-hydrogen) atoms. The second-order valence-corrected chi connectivity index (χ2v) is 2.85. The van der Waals surface area contributed by atoms with Gasteiger partial charge in [0.1, 0.15) is 12.1 Å². The Hall–Kier alpha value is -1.12. The SMILES string of the molecule is CNc1cc(C2CC2)ncn1. The Balaban J connectivity index is 2.26. The molecule has 1 aromatic rings. The fourth-order valence-electron chi connectivity index (χ4n) is 1.11. The van der Waals surface area contributed by atoms with Crippen LogP contribution in [0.5, 0.6) is 0 Å². The lowest BCUT2D eigenvalue weighted by atomic mass is 10.3. The van der Waals surface area contributed by atoms with E-state index in [0.29, 0.717) is 5.92 Å². The lowest BCUT2D eigenvalue weighted by Gasteiger charge is -1.99. The largest absolute Gasteiger partial charge is 0.373 e. The highest BCUT2D eigenvalue weighted by molar-refractivity contribution is 5.35. The van der Waals surface area contributed by atoms with Crippen molar-refractivity contribution in [2.24, 2.45) is 0 Å². The minimum atomic E-state index is 0.713. The maximum atomic E-state index is 4.20. The Kier molecular flexibility index (Phi) is 1.49. The van der Waals surface area contributed by atoms with Gasteiger partial charge >= 0.3 is 0 Å². The zero-order chi connectivity index (χ0) is 7.68. The van der Waals surface area contributed by atoms with Crippen molar-refractivity contribution in [1.29, 1.82) is 0 Å². The quantitative estimate of drug-likeness (QED) is 0.690. The van der Waals surface area contributed by atoms with Gasteiger partial charge in [0.15, 0.2) is 0 Å². The van der Waals surface area contributed by atoms with Crippen LogP contribution in [0.4, 0.5) is 5.82 Å². The second-order valence-electron chi connectivity index (χ2n) is 2.85. The summed E-state index contributed by atoms with van der Waals surface area (Å²) in [7, 11) is 1.87. The van der Waals surface area contributed by atoms with Gasteiger partial charge in [0, 0.05) is 24.7 Å². The lowest BCUT2D eigenvalue weighted by Crippen LogP contribution is -1.95. The summed E-state index contributed by atoms with van der Waals surface area (Å²) in [6.07, 6.45) is 4.21. The predicted molar refractivity (Wildman–Crippen MR) is 43.6 cm³/mol. The number of aromatic nitrogens is 2. The molecule has 0 aliphatic heterocycles. The number of nitrogens with zero attached hydrogens (tertiary/aromatic N) is 2. The molecule has 0 spiro atoms. The van der Waals surface area contributed by atoms with E-state index in [9.17, 15) is 0 Å². The van der Waals surface area contributed by atoms with Crippen LogP contribution in [0.3, 0.4) is 0 Å². The van der Waals surface area contributed by atoms with E-state index in [-0.39, 0.29) is 0 Å². The van der Waals surface area contributed by atoms with Gasteiger partial charge in [-0.25, -0.2) is 9.97 Å². The average Bonchev–Trinajstić information content (AvgIpc) is 2.87. The molecule has 1 aliphatic rings. The lowest BCUT2D eigenvalue weighted by molar-refractivity contribution is 0.988. The number of hydrogen-bond donors (Lipinski definition) is 1. The van der Waals surface area contributed by atoms with E-state index in [4.69, 9.17) is 0 Å². The van der Waals surface area contributed by atoms with E-state index >= 15 is 0 Å². The minimum Gasteiger partial charge on any atom is -0.373 e. The van der Waals surface area contributed by atoms with E-state index in [1.807, 2.05) is 13.1 Å². The molecule has 1 aliphatic carbocycles. The van der Waals surface area contributed by atoms with Gasteiger partial charge in [0.25, 0.3) is 0 Å². The summed E-state index contributed by atoms with van der Waals surface area (Å²) in [6, 6.07) is 2.03. The molecule has 58 valence electrons. The van der Waals surface area contributed by atoms with Crippen LogP contribution in [-0.4, -0.2) is 17.0 Å². The molecule has 1 fully saturated rings. The molecule has 0 radical (unpaired) electrons. The van der Waals surface area contributed by atoms with E-state index in [0.717, 1.165) is 5.82 Å². The van der Waals surface area contributed by atoms with Crippen molar-refractivity contribution in [3.05, 3.63) is 18.1 Å². The zero-order valence-corrected chi connectivity index (χ0v) is 6.54. The normalized spacial score (nSPS) is 16.5. The Labute approximate surface area is 65.9 Å². The van der Waals surface area contributed by atoms with Crippen LogP contribution in [0, 0.1) is 0 Å². The molecule has 1 aromatic heterocycles. The van der Waals surface area contributed by atoms with Crippen LogP contribution in [0.15, 0.2) is 12.4 Å². The summed E-state index contributed by atoms with van der Waals surface area (Å²) in [6.45, 7) is 0. The molecule has 0 atom stereocenters. The summed E-state index contributed by atoms with van der Waals surface area (Å²) in [5, 5.41) is 3.00. The first kappa shape index (κ1) is 6.58. The minimum absolute atomic E-state index is 0.713. The monoisotopic (exact) mass is 149 g/mol. The van der Waals surface area contributed by atoms with Crippen molar-refractivity contribution < 1.29 is 0 Å². The molecular formula is C8H11N3. The summed E-state index contributed by atoms with van der Waals surface area (Å²) < 4.78 is 0. The van der Waals surface area contributed by atoms with Gasteiger partial charge in [0.2, 0.25) is 0 Å². The van der Waals surface area contributed by atoms with Gasteiger partial charge in [-0.3, -0.25) is 0 Å². The number of rotatable bonds is 2. The van der Waals surface area contributed by atoms with E-state index in [2.05, 4.69) is 15.3 Å². The Bertz CT molecular complexity index is 255. The summed E-state index contributed by atoms with van der Waals surface area (Å²) >= 11 is 0. The molecule has 0 aromatic carbocycles. The smallest absolute Gasteiger partial charge is 0.129 e. The maximum Gasteiger partial charge on any atom is 0.129 e. The Morgan fingerprint density at radius 2 is 2.27 bits per heavy atom. The average molecular weight is 149 g/mol. The van der Waals surface area contributed by atoms with Gasteiger partial charge in [-0.15, -0.1) is 0 Å². The molecule has 1 N–H and O–H groups in total. The van der Waals surface area contributed by atoms with Crippen LogP contribution in [0.25, 0.3) is 0 Å². The van der Waals surface area contributed by atoms with E-state index < -0.39 is 0 Å². The third-order valence-corrected chi connectivity index (χ3v) is 1.94. The van der Waals surface area contributed by atoms with Crippen molar-refractivity contribution in [2.75, 3.05) is 12.4 Å². The van der Waals surface area contributed by atoms with Crippen molar-refractivity contribution in [3.8, 4) is 0 Å². The van der Waals surface area contributed by atoms with Gasteiger partial charge in [-0.1, -0.05) is 0 Å². The molecule has 0 unspecified atom stereocenters. The summed E-state index contributed by atoms with van der Waals surface area (Å²) in [4.78, 5) is 8.24. The highest BCUT2D eigenvalue weighted by atomic mass is 15.0. The summed E-state index contributed by atoms with van der Waals surface area (Å²) in [5.74, 6) is 1.63. The molecule has 0 amide bonds. The highest BCUT2D eigenvalue weighted by Crippen LogP contribution is 2.39. The molecule has 2 rings (SSSR count). The standard InChI is InChI=1S/C8H11N3/c1-9-8-4-7(6-2-3-6)10-5-11-8/h4-6H,2-3H2,1H3,(H,9,10,11). The predicted octanol–water partition coefficient (Wildman–Crippen LogP) is 1.40. The molecule has 0 saturated heterocycles. The van der Waals surface area contributed by atoms with Crippen LogP contribution in [0.2, 0.25) is 0 Å². The molecule has 1 saturated carbocycles. The highest BCUT2D eigenvalue weighted by Gasteiger charge is 2.24. The van der Waals surface area contributed by atoms with Gasteiger partial charge < -0.3 is 5.32 Å². The summed E-state index contributed by atoms with van der Waals surface area (Å²) in [5.41, 5.74) is 1.18. The first-order valence-electron chi connectivity index (χ1n) is 3.90. The van der Waals surface area contributed by atoms with Gasteiger partial charge in [0.05, 0.1) is 0 Å².